The summed E-state index contributed by atoms with van der Waals surface area (Å²) in [5.74, 6) is 0.121. The van der Waals surface area contributed by atoms with Gasteiger partial charge in [0.25, 0.3) is 0 Å². The smallest absolute Gasteiger partial charge is 0.206 e. The van der Waals surface area contributed by atoms with Crippen molar-refractivity contribution < 1.29 is 4.79 Å². The van der Waals surface area contributed by atoms with Crippen molar-refractivity contribution >= 4 is 44.9 Å². The van der Waals surface area contributed by atoms with Crippen LogP contribution in [-0.2, 0) is 0 Å². The minimum absolute atomic E-state index is 0.121. The molecule has 132 valence electrons. The molecular formula is C18H22N4OS2. The van der Waals surface area contributed by atoms with Crippen LogP contribution in [0.25, 0.3) is 10.9 Å². The molecule has 3 rings (SSSR count). The highest BCUT2D eigenvalue weighted by Gasteiger charge is 2.23. The second-order valence-corrected chi connectivity index (χ2v) is 8.51. The van der Waals surface area contributed by atoms with Crippen molar-refractivity contribution in [2.24, 2.45) is 0 Å². The molecule has 0 fully saturated rings. The highest BCUT2D eigenvalue weighted by molar-refractivity contribution is 8.02. The van der Waals surface area contributed by atoms with Crippen molar-refractivity contribution in [2.75, 3.05) is 11.9 Å². The maximum absolute atomic E-state index is 13.0. The Morgan fingerprint density at radius 2 is 2.16 bits per heavy atom. The molecule has 5 nitrogen and oxygen atoms in total. The topological polar surface area (TPSA) is 70.7 Å². The number of para-hydroxylation sites is 1. The van der Waals surface area contributed by atoms with Crippen LogP contribution in [0.5, 0.6) is 0 Å². The minimum Gasteiger partial charge on any atom is -0.360 e. The first-order valence-corrected chi connectivity index (χ1v) is 10.1. The van der Waals surface area contributed by atoms with Crippen LogP contribution in [0.3, 0.4) is 0 Å². The summed E-state index contributed by atoms with van der Waals surface area (Å²) in [5, 5.41) is 13.2. The largest absolute Gasteiger partial charge is 0.360 e. The molecule has 0 bridgehead atoms. The number of rotatable bonds is 8. The number of hydrogen-bond acceptors (Lipinski definition) is 6. The number of aromatic nitrogens is 3. The van der Waals surface area contributed by atoms with Crippen LogP contribution in [0, 0.1) is 6.92 Å². The number of ketones is 1. The number of carbonyl (C=O) groups excluding carboxylic acids is 1. The fourth-order valence-electron chi connectivity index (χ4n) is 2.70. The summed E-state index contributed by atoms with van der Waals surface area (Å²) in [7, 11) is 0. The van der Waals surface area contributed by atoms with E-state index in [-0.39, 0.29) is 11.0 Å². The Morgan fingerprint density at radius 3 is 2.96 bits per heavy atom. The Hall–Kier alpha value is -1.86. The normalized spacial score (nSPS) is 12.4. The lowest BCUT2D eigenvalue weighted by molar-refractivity contribution is 0.0995. The zero-order chi connectivity index (χ0) is 17.8. The molecule has 0 aliphatic carbocycles. The third kappa shape index (κ3) is 4.04. The van der Waals surface area contributed by atoms with Crippen LogP contribution in [0.1, 0.15) is 42.7 Å². The number of Topliss-reactive ketones (excluding diaryl/α,β-unsaturated/α-hetero) is 1. The first-order valence-electron chi connectivity index (χ1n) is 8.45. The van der Waals surface area contributed by atoms with Gasteiger partial charge in [-0.05, 0) is 26.3 Å². The Kier molecular flexibility index (Phi) is 5.75. The molecule has 0 radical (unpaired) electrons. The Bertz CT molecular complexity index is 871. The second-order valence-electron chi connectivity index (χ2n) is 5.95. The summed E-state index contributed by atoms with van der Waals surface area (Å²) < 4.78 is 0.817. The molecule has 0 aliphatic rings. The molecule has 0 amide bonds. The third-order valence-electron chi connectivity index (χ3n) is 4.00. The van der Waals surface area contributed by atoms with Crippen LogP contribution in [0.4, 0.5) is 5.13 Å². The minimum atomic E-state index is -0.214. The molecule has 0 aliphatic heterocycles. The van der Waals surface area contributed by atoms with E-state index in [2.05, 4.69) is 27.4 Å². The van der Waals surface area contributed by atoms with E-state index >= 15 is 0 Å². The number of H-pyrrole nitrogens is 1. The van der Waals surface area contributed by atoms with E-state index < -0.39 is 0 Å². The average Bonchev–Trinajstić information content (AvgIpc) is 3.17. The van der Waals surface area contributed by atoms with Gasteiger partial charge >= 0.3 is 0 Å². The molecule has 25 heavy (non-hydrogen) atoms. The number of carbonyl (C=O) groups is 1. The second kappa shape index (κ2) is 8.01. The summed E-state index contributed by atoms with van der Waals surface area (Å²) in [5.41, 5.74) is 2.69. The molecular weight excluding hydrogens is 352 g/mol. The summed E-state index contributed by atoms with van der Waals surface area (Å²) >= 11 is 2.97. The van der Waals surface area contributed by atoms with Gasteiger partial charge in [0.1, 0.15) is 0 Å². The van der Waals surface area contributed by atoms with Crippen LogP contribution in [0.15, 0.2) is 28.6 Å². The number of aromatic amines is 1. The number of nitrogens with one attached hydrogen (secondary N) is 2. The molecule has 1 unspecified atom stereocenters. The van der Waals surface area contributed by atoms with Crippen molar-refractivity contribution in [1.29, 1.82) is 0 Å². The zero-order valence-corrected chi connectivity index (χ0v) is 16.3. The van der Waals surface area contributed by atoms with E-state index in [0.717, 1.165) is 51.0 Å². The molecule has 0 spiro atoms. The Morgan fingerprint density at radius 1 is 1.36 bits per heavy atom. The van der Waals surface area contributed by atoms with Crippen molar-refractivity contribution in [3.8, 4) is 0 Å². The van der Waals surface area contributed by atoms with Crippen LogP contribution in [0.2, 0.25) is 0 Å². The summed E-state index contributed by atoms with van der Waals surface area (Å²) in [6.45, 7) is 6.94. The van der Waals surface area contributed by atoms with Gasteiger partial charge in [0.05, 0.1) is 5.25 Å². The summed E-state index contributed by atoms with van der Waals surface area (Å²) in [4.78, 5) is 16.3. The highest BCUT2D eigenvalue weighted by atomic mass is 32.2. The lowest BCUT2D eigenvalue weighted by atomic mass is 10.1. The number of unbranched alkanes of at least 4 members (excludes halogenated alkanes) is 1. The van der Waals surface area contributed by atoms with E-state index in [9.17, 15) is 4.79 Å². The van der Waals surface area contributed by atoms with Gasteiger partial charge in [-0.15, -0.1) is 10.2 Å². The van der Waals surface area contributed by atoms with Gasteiger partial charge in [-0.25, -0.2) is 0 Å². The van der Waals surface area contributed by atoms with Gasteiger partial charge in [-0.2, -0.15) is 0 Å². The van der Waals surface area contributed by atoms with Gasteiger partial charge in [0, 0.05) is 28.7 Å². The molecule has 0 saturated carbocycles. The van der Waals surface area contributed by atoms with Crippen molar-refractivity contribution in [3.63, 3.8) is 0 Å². The molecule has 7 heteroatoms. The maximum Gasteiger partial charge on any atom is 0.206 e. The fourth-order valence-corrected chi connectivity index (χ4v) is 4.68. The van der Waals surface area contributed by atoms with Crippen LogP contribution in [-0.4, -0.2) is 32.8 Å². The molecule has 2 N–H and O–H groups in total. The number of anilines is 1. The summed E-state index contributed by atoms with van der Waals surface area (Å²) in [6.07, 6.45) is 2.25. The van der Waals surface area contributed by atoms with Crippen LogP contribution >= 0.6 is 23.1 Å². The van der Waals surface area contributed by atoms with Crippen molar-refractivity contribution in [3.05, 3.63) is 35.5 Å². The number of nitrogens with zero attached hydrogens (tertiary/aromatic N) is 2. The lowest BCUT2D eigenvalue weighted by Crippen LogP contribution is -2.14. The first kappa shape index (κ1) is 17.9. The number of benzene rings is 1. The molecule has 2 aromatic heterocycles. The standard InChI is InChI=1S/C18H22N4OS2/c1-4-5-10-19-17-21-22-18(25-17)24-12(3)16(23)15-11(2)20-14-9-7-6-8-13(14)15/h6-9,12,20H,4-5,10H2,1-3H3,(H,19,21). The fraction of sp³-hybridized carbons (Fsp3) is 0.389. The van der Waals surface area contributed by atoms with E-state index in [1.807, 2.05) is 38.1 Å². The predicted molar refractivity (Wildman–Crippen MR) is 106 cm³/mol. The van der Waals surface area contributed by atoms with E-state index in [1.54, 1.807) is 0 Å². The zero-order valence-electron chi connectivity index (χ0n) is 14.6. The van der Waals surface area contributed by atoms with Crippen molar-refractivity contribution in [1.82, 2.24) is 15.2 Å². The number of fused-ring (bicyclic) bond motifs is 1. The monoisotopic (exact) mass is 374 g/mol. The quantitative estimate of drug-likeness (QED) is 0.333. The van der Waals surface area contributed by atoms with Crippen molar-refractivity contribution in [2.45, 2.75) is 43.2 Å². The van der Waals surface area contributed by atoms with Gasteiger partial charge < -0.3 is 10.3 Å². The lowest BCUT2D eigenvalue weighted by Gasteiger charge is -2.08. The summed E-state index contributed by atoms with van der Waals surface area (Å²) in [6, 6.07) is 7.92. The number of hydrogen-bond donors (Lipinski definition) is 2. The highest BCUT2D eigenvalue weighted by Crippen LogP contribution is 2.32. The first-order chi connectivity index (χ1) is 12.1. The molecule has 2 heterocycles. The van der Waals surface area contributed by atoms with Crippen LogP contribution < -0.4 is 5.32 Å². The maximum atomic E-state index is 13.0. The van der Waals surface area contributed by atoms with Gasteiger partial charge in [0.2, 0.25) is 5.13 Å². The van der Waals surface area contributed by atoms with E-state index in [0.29, 0.717) is 0 Å². The van der Waals surface area contributed by atoms with E-state index in [1.165, 1.54) is 23.1 Å². The van der Waals surface area contributed by atoms with Gasteiger partial charge in [-0.1, -0.05) is 54.6 Å². The SMILES string of the molecule is CCCCNc1nnc(SC(C)C(=O)c2c(C)[nH]c3ccccc23)s1. The van der Waals surface area contributed by atoms with Gasteiger partial charge in [0.15, 0.2) is 10.1 Å². The Balaban J connectivity index is 1.71. The molecule has 1 atom stereocenters. The average molecular weight is 375 g/mol. The number of aryl methyl sites for hydroxylation is 1. The van der Waals surface area contributed by atoms with Gasteiger partial charge in [-0.3, -0.25) is 4.79 Å². The Labute approximate surface area is 155 Å². The third-order valence-corrected chi connectivity index (χ3v) is 6.07. The molecule has 1 aromatic carbocycles. The number of thioether (sulfide) groups is 1. The molecule has 0 saturated heterocycles. The van der Waals surface area contributed by atoms with E-state index in [4.69, 9.17) is 0 Å². The molecule has 3 aromatic rings. The predicted octanol–water partition coefficient (Wildman–Crippen LogP) is 4.90.